The molecule has 0 spiro atoms. The van der Waals surface area contributed by atoms with Gasteiger partial charge in [-0.05, 0) is 12.8 Å². The highest BCUT2D eigenvalue weighted by atomic mass is 35.5. The average Bonchev–Trinajstić information content (AvgIpc) is 2.19. The van der Waals surface area contributed by atoms with Gasteiger partial charge >= 0.3 is 0 Å². The molecule has 0 amide bonds. The molecule has 0 saturated carbocycles. The molecule has 0 radical (unpaired) electrons. The zero-order chi connectivity index (χ0) is 11.3. The van der Waals surface area contributed by atoms with Gasteiger partial charge in [-0.25, -0.2) is 0 Å². The Labute approximate surface area is 96.2 Å². The van der Waals surface area contributed by atoms with E-state index >= 15 is 0 Å². The van der Waals surface area contributed by atoms with Gasteiger partial charge in [0.1, 0.15) is 0 Å². The number of hydrogen-bond donors (Lipinski definition) is 1. The van der Waals surface area contributed by atoms with Gasteiger partial charge in [-0.1, -0.05) is 38.3 Å². The lowest BCUT2D eigenvalue weighted by atomic mass is 9.95. The normalized spacial score (nSPS) is 12.9. The van der Waals surface area contributed by atoms with Gasteiger partial charge in [0.2, 0.25) is 0 Å². The van der Waals surface area contributed by atoms with Crippen LogP contribution in [0.2, 0.25) is 5.15 Å². The summed E-state index contributed by atoms with van der Waals surface area (Å²) in [5.74, 6) is 0.678. The van der Waals surface area contributed by atoms with Gasteiger partial charge in [0, 0.05) is 12.1 Å². The number of nitrogens with one attached hydrogen (secondary N) is 1. The fourth-order valence-electron chi connectivity index (χ4n) is 1.80. The topological polar surface area (TPSA) is 37.8 Å². The van der Waals surface area contributed by atoms with Crippen LogP contribution in [0.25, 0.3) is 0 Å². The number of anilines is 1. The van der Waals surface area contributed by atoms with Crippen LogP contribution in [0.5, 0.6) is 0 Å². The van der Waals surface area contributed by atoms with Crippen LogP contribution in [-0.2, 0) is 0 Å². The molecule has 0 aliphatic carbocycles. The quantitative estimate of drug-likeness (QED) is 0.838. The van der Waals surface area contributed by atoms with Crippen molar-refractivity contribution in [2.45, 2.75) is 39.7 Å². The Morgan fingerprint density at radius 2 is 2.07 bits per heavy atom. The van der Waals surface area contributed by atoms with Crippen molar-refractivity contribution in [3.8, 4) is 0 Å². The summed E-state index contributed by atoms with van der Waals surface area (Å²) in [6.45, 7) is 6.61. The highest BCUT2D eigenvalue weighted by Gasteiger charge is 2.13. The Hall–Kier alpha value is -0.830. The molecule has 0 aliphatic heterocycles. The van der Waals surface area contributed by atoms with Gasteiger partial charge in [-0.15, -0.1) is 5.10 Å². The highest BCUT2D eigenvalue weighted by molar-refractivity contribution is 6.29. The molecule has 15 heavy (non-hydrogen) atoms. The van der Waals surface area contributed by atoms with E-state index in [-0.39, 0.29) is 0 Å². The summed E-state index contributed by atoms with van der Waals surface area (Å²) in [6, 6.07) is 2.23. The minimum atomic E-state index is 0.428. The Morgan fingerprint density at radius 3 is 2.60 bits per heavy atom. The van der Waals surface area contributed by atoms with Crippen LogP contribution in [0.3, 0.4) is 0 Å². The molecule has 0 bridgehead atoms. The molecule has 1 atom stereocenters. The molecule has 1 rings (SSSR count). The van der Waals surface area contributed by atoms with Gasteiger partial charge in [-0.2, -0.15) is 5.10 Å². The second-order valence-corrected chi connectivity index (χ2v) is 4.16. The number of halogens is 1. The summed E-state index contributed by atoms with van der Waals surface area (Å²) in [7, 11) is 0. The summed E-state index contributed by atoms with van der Waals surface area (Å²) in [5, 5.41) is 11.3. The van der Waals surface area contributed by atoms with Gasteiger partial charge < -0.3 is 5.32 Å². The Morgan fingerprint density at radius 1 is 1.40 bits per heavy atom. The van der Waals surface area contributed by atoms with E-state index in [4.69, 9.17) is 11.6 Å². The van der Waals surface area contributed by atoms with Crippen molar-refractivity contribution in [2.75, 3.05) is 5.32 Å². The van der Waals surface area contributed by atoms with Crippen LogP contribution in [0.4, 0.5) is 5.69 Å². The Balaban J connectivity index is 2.61. The lowest BCUT2D eigenvalue weighted by molar-refractivity contribution is 0.438. The van der Waals surface area contributed by atoms with Crippen molar-refractivity contribution < 1.29 is 0 Å². The van der Waals surface area contributed by atoms with Gasteiger partial charge in [0.15, 0.2) is 5.15 Å². The molecule has 1 aromatic rings. The third kappa shape index (κ3) is 3.67. The van der Waals surface area contributed by atoms with Crippen molar-refractivity contribution in [2.24, 2.45) is 5.92 Å². The Bertz CT molecular complexity index is 300. The predicted octanol–water partition coefficient (Wildman–Crippen LogP) is 3.37. The molecule has 0 saturated heterocycles. The fourth-order valence-corrected chi connectivity index (χ4v) is 1.96. The molecule has 84 valence electrons. The van der Waals surface area contributed by atoms with Gasteiger partial charge in [0.25, 0.3) is 0 Å². The third-order valence-corrected chi connectivity index (χ3v) is 2.96. The van der Waals surface area contributed by atoms with Crippen LogP contribution >= 0.6 is 11.6 Å². The number of rotatable bonds is 5. The Kier molecular flexibility index (Phi) is 4.82. The minimum absolute atomic E-state index is 0.428. The number of nitrogens with zero attached hydrogens (tertiary/aromatic N) is 2. The smallest absolute Gasteiger partial charge is 0.153 e. The summed E-state index contributed by atoms with van der Waals surface area (Å²) in [4.78, 5) is 0. The second kappa shape index (κ2) is 5.91. The van der Waals surface area contributed by atoms with Crippen LogP contribution in [0.1, 0.15) is 33.6 Å². The summed E-state index contributed by atoms with van der Waals surface area (Å²) >= 11 is 5.76. The summed E-state index contributed by atoms with van der Waals surface area (Å²) in [5.41, 5.74) is 0.939. The SMILES string of the molecule is CCC(CC)C(C)Nc1cnnc(Cl)c1. The van der Waals surface area contributed by atoms with Crippen molar-refractivity contribution in [1.29, 1.82) is 0 Å². The highest BCUT2D eigenvalue weighted by Crippen LogP contribution is 2.18. The zero-order valence-corrected chi connectivity index (χ0v) is 10.3. The summed E-state index contributed by atoms with van der Waals surface area (Å²) < 4.78 is 0. The number of hydrogen-bond acceptors (Lipinski definition) is 3. The van der Waals surface area contributed by atoms with Crippen molar-refractivity contribution >= 4 is 17.3 Å². The van der Waals surface area contributed by atoms with Crippen molar-refractivity contribution in [3.63, 3.8) is 0 Å². The standard InChI is InChI=1S/C11H18ClN3/c1-4-9(5-2)8(3)14-10-6-11(12)15-13-7-10/h6-9H,4-5H2,1-3H3,(H,14,15). The van der Waals surface area contributed by atoms with Crippen LogP contribution < -0.4 is 5.32 Å². The van der Waals surface area contributed by atoms with E-state index in [9.17, 15) is 0 Å². The molecule has 0 aliphatic rings. The van der Waals surface area contributed by atoms with Crippen LogP contribution in [-0.4, -0.2) is 16.2 Å². The third-order valence-electron chi connectivity index (χ3n) is 2.77. The molecule has 1 aromatic heterocycles. The lowest BCUT2D eigenvalue weighted by Crippen LogP contribution is -2.25. The van der Waals surface area contributed by atoms with Crippen LogP contribution in [0, 0.1) is 5.92 Å². The molecule has 1 heterocycles. The van der Waals surface area contributed by atoms with Gasteiger partial charge in [0.05, 0.1) is 11.9 Å². The molecule has 1 unspecified atom stereocenters. The van der Waals surface area contributed by atoms with E-state index in [0.29, 0.717) is 17.1 Å². The molecule has 1 N–H and O–H groups in total. The second-order valence-electron chi connectivity index (χ2n) is 3.78. The van der Waals surface area contributed by atoms with E-state index in [1.54, 1.807) is 12.3 Å². The minimum Gasteiger partial charge on any atom is -0.381 e. The predicted molar refractivity (Wildman–Crippen MR) is 64.2 cm³/mol. The van der Waals surface area contributed by atoms with E-state index in [1.807, 2.05) is 0 Å². The summed E-state index contributed by atoms with van der Waals surface area (Å²) in [6.07, 6.45) is 4.05. The average molecular weight is 228 g/mol. The van der Waals surface area contributed by atoms with E-state index in [0.717, 1.165) is 5.69 Å². The molecule has 4 heteroatoms. The molecule has 0 fully saturated rings. The van der Waals surface area contributed by atoms with E-state index in [1.165, 1.54) is 12.8 Å². The van der Waals surface area contributed by atoms with E-state index < -0.39 is 0 Å². The largest absolute Gasteiger partial charge is 0.381 e. The first-order chi connectivity index (χ1) is 7.17. The first kappa shape index (κ1) is 12.2. The number of aromatic nitrogens is 2. The maximum absolute atomic E-state index is 5.76. The van der Waals surface area contributed by atoms with Gasteiger partial charge in [-0.3, -0.25) is 0 Å². The zero-order valence-electron chi connectivity index (χ0n) is 9.50. The molecular weight excluding hydrogens is 210 g/mol. The molecule has 3 nitrogen and oxygen atoms in total. The molecule has 0 aromatic carbocycles. The van der Waals surface area contributed by atoms with Crippen molar-refractivity contribution in [3.05, 3.63) is 17.4 Å². The maximum atomic E-state index is 5.76. The van der Waals surface area contributed by atoms with E-state index in [2.05, 4.69) is 36.3 Å². The monoisotopic (exact) mass is 227 g/mol. The molecular formula is C11H18ClN3. The van der Waals surface area contributed by atoms with Crippen molar-refractivity contribution in [1.82, 2.24) is 10.2 Å². The fraction of sp³-hybridized carbons (Fsp3) is 0.636. The first-order valence-electron chi connectivity index (χ1n) is 5.42. The maximum Gasteiger partial charge on any atom is 0.153 e. The first-order valence-corrected chi connectivity index (χ1v) is 5.79. The van der Waals surface area contributed by atoms with Crippen LogP contribution in [0.15, 0.2) is 12.3 Å². The lowest BCUT2D eigenvalue weighted by Gasteiger charge is -2.23.